The van der Waals surface area contributed by atoms with E-state index < -0.39 is 0 Å². The van der Waals surface area contributed by atoms with Crippen LogP contribution in [0.5, 0.6) is 0 Å². The molecule has 0 spiro atoms. The van der Waals surface area contributed by atoms with Gasteiger partial charge in [-0.15, -0.1) is 0 Å². The van der Waals surface area contributed by atoms with Crippen molar-refractivity contribution in [3.8, 4) is 0 Å². The summed E-state index contributed by atoms with van der Waals surface area (Å²) >= 11 is 4.90. The molecular formula is C20H20BrN3O2S. The van der Waals surface area contributed by atoms with E-state index in [0.29, 0.717) is 15.8 Å². The Labute approximate surface area is 171 Å². The average Bonchev–Trinajstić information content (AvgIpc) is 3.32. The lowest BCUT2D eigenvalue weighted by atomic mass is 10.1. The number of amidine groups is 1. The molecule has 1 aromatic heterocycles. The van der Waals surface area contributed by atoms with Crippen LogP contribution in [0.1, 0.15) is 29.7 Å². The van der Waals surface area contributed by atoms with Gasteiger partial charge in [0.2, 0.25) is 5.88 Å². The van der Waals surface area contributed by atoms with Gasteiger partial charge in [-0.05, 0) is 66.0 Å². The number of amides is 1. The standard InChI is InChI=1S/C20H20BrN3O2S/c1-12-5-6-16(13(2)9-12)22-20-23-18(25)17(27-20)11-14-10-15(21)19(26-14)24-7-3-4-8-24/h5-6,9-11H,3-4,7-8H2,1-2H3,(H,22,23,25)/b17-11-. The van der Waals surface area contributed by atoms with Crippen molar-refractivity contribution in [2.45, 2.75) is 26.7 Å². The first-order valence-corrected chi connectivity index (χ1v) is 10.5. The first-order valence-electron chi connectivity index (χ1n) is 8.91. The van der Waals surface area contributed by atoms with Crippen LogP contribution in [0, 0.1) is 13.8 Å². The van der Waals surface area contributed by atoms with Crippen LogP contribution in [0.4, 0.5) is 11.6 Å². The van der Waals surface area contributed by atoms with E-state index in [1.807, 2.05) is 25.1 Å². The summed E-state index contributed by atoms with van der Waals surface area (Å²) in [4.78, 5) is 19.7. The Morgan fingerprint density at radius 3 is 2.78 bits per heavy atom. The summed E-state index contributed by atoms with van der Waals surface area (Å²) in [7, 11) is 0. The zero-order valence-corrected chi connectivity index (χ0v) is 17.6. The molecule has 0 unspecified atom stereocenters. The number of aliphatic imine (C=N–C) groups is 1. The molecule has 0 aliphatic carbocycles. The van der Waals surface area contributed by atoms with Crippen LogP contribution in [0.2, 0.25) is 0 Å². The molecule has 0 atom stereocenters. The number of benzene rings is 1. The van der Waals surface area contributed by atoms with Crippen LogP contribution in [0.15, 0.2) is 43.1 Å². The Balaban J connectivity index is 1.55. The quantitative estimate of drug-likeness (QED) is 0.663. The van der Waals surface area contributed by atoms with Crippen LogP contribution in [0.3, 0.4) is 0 Å². The number of nitrogens with one attached hydrogen (secondary N) is 1. The molecule has 1 amide bonds. The van der Waals surface area contributed by atoms with E-state index in [1.165, 1.54) is 30.2 Å². The lowest BCUT2D eigenvalue weighted by molar-refractivity contribution is -0.115. The topological polar surface area (TPSA) is 57.8 Å². The highest BCUT2D eigenvalue weighted by molar-refractivity contribution is 9.10. The van der Waals surface area contributed by atoms with Gasteiger partial charge in [0.15, 0.2) is 5.17 Å². The first-order chi connectivity index (χ1) is 13.0. The minimum absolute atomic E-state index is 0.154. The van der Waals surface area contributed by atoms with Crippen LogP contribution < -0.4 is 10.2 Å². The molecule has 4 rings (SSSR count). The number of thioether (sulfide) groups is 1. The van der Waals surface area contributed by atoms with Crippen molar-refractivity contribution >= 4 is 56.4 Å². The summed E-state index contributed by atoms with van der Waals surface area (Å²) in [5, 5.41) is 3.42. The number of rotatable bonds is 3. The van der Waals surface area contributed by atoms with Crippen molar-refractivity contribution in [3.05, 3.63) is 50.5 Å². The fraction of sp³-hybridized carbons (Fsp3) is 0.300. The van der Waals surface area contributed by atoms with Crippen molar-refractivity contribution in [1.29, 1.82) is 0 Å². The second-order valence-electron chi connectivity index (χ2n) is 6.77. The number of carbonyl (C=O) groups is 1. The lowest BCUT2D eigenvalue weighted by Crippen LogP contribution is -2.19. The molecule has 1 N–H and O–H groups in total. The summed E-state index contributed by atoms with van der Waals surface area (Å²) in [6.45, 7) is 6.08. The number of nitrogens with zero attached hydrogens (tertiary/aromatic N) is 2. The van der Waals surface area contributed by atoms with Gasteiger partial charge >= 0.3 is 0 Å². The van der Waals surface area contributed by atoms with Crippen LogP contribution >= 0.6 is 27.7 Å². The molecule has 140 valence electrons. The maximum Gasteiger partial charge on any atom is 0.264 e. The van der Waals surface area contributed by atoms with Gasteiger partial charge in [0, 0.05) is 25.2 Å². The highest BCUT2D eigenvalue weighted by atomic mass is 79.9. The molecule has 27 heavy (non-hydrogen) atoms. The predicted octanol–water partition coefficient (Wildman–Crippen LogP) is 5.15. The molecule has 2 aliphatic heterocycles. The molecule has 2 fully saturated rings. The smallest absolute Gasteiger partial charge is 0.264 e. The number of aryl methyl sites for hydroxylation is 2. The maximum absolute atomic E-state index is 12.3. The van der Waals surface area contributed by atoms with Gasteiger partial charge in [0.1, 0.15) is 5.76 Å². The van der Waals surface area contributed by atoms with Crippen LogP contribution in [-0.2, 0) is 4.79 Å². The molecule has 0 bridgehead atoms. The van der Waals surface area contributed by atoms with Crippen molar-refractivity contribution in [2.75, 3.05) is 18.0 Å². The lowest BCUT2D eigenvalue weighted by Gasteiger charge is -2.13. The van der Waals surface area contributed by atoms with E-state index in [2.05, 4.69) is 44.1 Å². The van der Waals surface area contributed by atoms with Crippen LogP contribution in [0.25, 0.3) is 6.08 Å². The molecule has 5 nitrogen and oxygen atoms in total. The molecule has 0 saturated carbocycles. The Kier molecular flexibility index (Phi) is 5.14. The highest BCUT2D eigenvalue weighted by Crippen LogP contribution is 2.35. The van der Waals surface area contributed by atoms with E-state index in [0.717, 1.165) is 34.7 Å². The Hall–Kier alpha value is -1.99. The number of carbonyl (C=O) groups excluding carboxylic acids is 1. The number of anilines is 1. The van der Waals surface area contributed by atoms with E-state index in [-0.39, 0.29) is 5.91 Å². The Morgan fingerprint density at radius 2 is 2.04 bits per heavy atom. The van der Waals surface area contributed by atoms with Gasteiger partial charge in [0.25, 0.3) is 5.91 Å². The molecule has 0 radical (unpaired) electrons. The van der Waals surface area contributed by atoms with Gasteiger partial charge in [-0.25, -0.2) is 4.99 Å². The zero-order chi connectivity index (χ0) is 19.0. The first kappa shape index (κ1) is 18.4. The van der Waals surface area contributed by atoms with Gasteiger partial charge in [-0.2, -0.15) is 0 Å². The van der Waals surface area contributed by atoms with Crippen molar-refractivity contribution < 1.29 is 9.21 Å². The number of halogens is 1. The van der Waals surface area contributed by atoms with E-state index in [9.17, 15) is 4.79 Å². The van der Waals surface area contributed by atoms with E-state index in [1.54, 1.807) is 6.08 Å². The molecular weight excluding hydrogens is 426 g/mol. The maximum atomic E-state index is 12.3. The molecule has 2 aromatic rings. The zero-order valence-electron chi connectivity index (χ0n) is 15.2. The van der Waals surface area contributed by atoms with Crippen LogP contribution in [-0.4, -0.2) is 24.2 Å². The monoisotopic (exact) mass is 445 g/mol. The molecule has 2 aliphatic rings. The number of hydrogen-bond acceptors (Lipinski definition) is 5. The summed E-state index contributed by atoms with van der Waals surface area (Å²) in [6, 6.07) is 7.98. The molecule has 7 heteroatoms. The molecule has 3 heterocycles. The van der Waals surface area contributed by atoms with Gasteiger partial charge in [0.05, 0.1) is 15.1 Å². The normalized spacial score (nSPS) is 20.1. The fourth-order valence-electron chi connectivity index (χ4n) is 3.23. The van der Waals surface area contributed by atoms with Gasteiger partial charge in [-0.1, -0.05) is 17.7 Å². The third kappa shape index (κ3) is 3.99. The fourth-order valence-corrected chi connectivity index (χ4v) is 4.61. The van der Waals surface area contributed by atoms with E-state index in [4.69, 9.17) is 4.42 Å². The van der Waals surface area contributed by atoms with Crippen molar-refractivity contribution in [3.63, 3.8) is 0 Å². The number of hydrogen-bond donors (Lipinski definition) is 1. The second-order valence-corrected chi connectivity index (χ2v) is 8.65. The second kappa shape index (κ2) is 7.56. The third-order valence-electron chi connectivity index (χ3n) is 4.58. The largest absolute Gasteiger partial charge is 0.440 e. The highest BCUT2D eigenvalue weighted by Gasteiger charge is 2.25. The Morgan fingerprint density at radius 1 is 1.26 bits per heavy atom. The molecule has 2 saturated heterocycles. The van der Waals surface area contributed by atoms with Gasteiger partial charge in [-0.3, -0.25) is 4.79 Å². The van der Waals surface area contributed by atoms with Crippen molar-refractivity contribution in [2.24, 2.45) is 4.99 Å². The predicted molar refractivity (Wildman–Crippen MR) is 115 cm³/mol. The summed E-state index contributed by atoms with van der Waals surface area (Å²) in [5.74, 6) is 1.35. The Bertz CT molecular complexity index is 958. The SMILES string of the molecule is Cc1ccc(N=C2NC(=O)/C(=C/c3cc(Br)c(N4CCCC4)o3)S2)c(C)c1. The summed E-state index contributed by atoms with van der Waals surface area (Å²) in [6.07, 6.45) is 4.13. The minimum atomic E-state index is -0.154. The molecule has 1 aromatic carbocycles. The average molecular weight is 446 g/mol. The summed E-state index contributed by atoms with van der Waals surface area (Å²) < 4.78 is 6.88. The van der Waals surface area contributed by atoms with Gasteiger partial charge < -0.3 is 14.6 Å². The third-order valence-corrected chi connectivity index (χ3v) is 6.06. The van der Waals surface area contributed by atoms with Crippen molar-refractivity contribution in [1.82, 2.24) is 5.32 Å². The number of furan rings is 1. The summed E-state index contributed by atoms with van der Waals surface area (Å²) in [5.41, 5.74) is 3.14. The minimum Gasteiger partial charge on any atom is -0.440 e. The van der Waals surface area contributed by atoms with E-state index >= 15 is 0 Å².